The Hall–Kier alpha value is -1.26. The minimum absolute atomic E-state index is 0.358. The third-order valence-corrected chi connectivity index (χ3v) is 5.11. The molecule has 1 aliphatic heterocycles. The second-order valence-electron chi connectivity index (χ2n) is 5.12. The highest BCUT2D eigenvalue weighted by molar-refractivity contribution is 7.99. The van der Waals surface area contributed by atoms with Gasteiger partial charge in [-0.25, -0.2) is 0 Å². The highest BCUT2D eigenvalue weighted by Crippen LogP contribution is 2.45. The molecule has 1 N–H and O–H groups in total. The molecule has 0 saturated heterocycles. The second kappa shape index (κ2) is 6.02. The number of fused-ring (bicyclic) bond motifs is 1. The van der Waals surface area contributed by atoms with Gasteiger partial charge in [0.2, 0.25) is 0 Å². The summed E-state index contributed by atoms with van der Waals surface area (Å²) < 4.78 is 2.01. The first-order chi connectivity index (χ1) is 9.83. The van der Waals surface area contributed by atoms with E-state index >= 15 is 0 Å². The maximum absolute atomic E-state index is 4.44. The van der Waals surface area contributed by atoms with Crippen LogP contribution in [0.2, 0.25) is 0 Å². The summed E-state index contributed by atoms with van der Waals surface area (Å²) in [6, 6.07) is 9.14. The summed E-state index contributed by atoms with van der Waals surface area (Å²) in [6.07, 6.45) is 4.20. The number of aryl methyl sites for hydroxylation is 1. The average Bonchev–Trinajstić information content (AvgIpc) is 3.12. The van der Waals surface area contributed by atoms with Crippen LogP contribution < -0.4 is 5.32 Å². The normalized spacial score (nSPS) is 19.0. The number of benzene rings is 1. The minimum atomic E-state index is 0.358. The largest absolute Gasteiger partial charge is 0.310 e. The molecule has 3 rings (SSSR count). The third kappa shape index (κ3) is 2.50. The molecule has 3 nitrogen and oxygen atoms in total. The molecule has 4 heteroatoms. The SMILES string of the molecule is CCNC(c1cnn(CC)c1)C1CSc2ccccc21. The zero-order valence-electron chi connectivity index (χ0n) is 12.0. The summed E-state index contributed by atoms with van der Waals surface area (Å²) in [5.41, 5.74) is 2.78. The quantitative estimate of drug-likeness (QED) is 0.913. The fourth-order valence-electron chi connectivity index (χ4n) is 2.89. The van der Waals surface area contributed by atoms with Gasteiger partial charge in [-0.3, -0.25) is 4.68 Å². The Morgan fingerprint density at radius 1 is 1.40 bits per heavy atom. The highest BCUT2D eigenvalue weighted by Gasteiger charge is 2.31. The van der Waals surface area contributed by atoms with E-state index in [0.29, 0.717) is 12.0 Å². The zero-order chi connectivity index (χ0) is 13.9. The molecule has 0 amide bonds. The number of rotatable bonds is 5. The lowest BCUT2D eigenvalue weighted by Gasteiger charge is -2.23. The van der Waals surface area contributed by atoms with E-state index in [1.54, 1.807) is 0 Å². The lowest BCUT2D eigenvalue weighted by molar-refractivity contribution is 0.484. The van der Waals surface area contributed by atoms with Crippen molar-refractivity contribution in [1.82, 2.24) is 15.1 Å². The molecule has 1 aromatic heterocycles. The molecular weight excluding hydrogens is 266 g/mol. The maximum Gasteiger partial charge on any atom is 0.0537 e. The van der Waals surface area contributed by atoms with Crippen LogP contribution in [0.1, 0.15) is 36.9 Å². The summed E-state index contributed by atoms with van der Waals surface area (Å²) >= 11 is 1.97. The molecule has 1 aliphatic rings. The number of hydrogen-bond acceptors (Lipinski definition) is 3. The van der Waals surface area contributed by atoms with Gasteiger partial charge in [0.1, 0.15) is 0 Å². The van der Waals surface area contributed by atoms with E-state index in [1.807, 2.05) is 22.6 Å². The van der Waals surface area contributed by atoms with Crippen molar-refractivity contribution in [3.8, 4) is 0 Å². The highest BCUT2D eigenvalue weighted by atomic mass is 32.2. The van der Waals surface area contributed by atoms with Crippen LogP contribution in [-0.2, 0) is 6.54 Å². The predicted octanol–water partition coefficient (Wildman–Crippen LogP) is 3.44. The number of aromatic nitrogens is 2. The fourth-order valence-corrected chi connectivity index (χ4v) is 4.18. The van der Waals surface area contributed by atoms with Crippen molar-refractivity contribution in [3.05, 3.63) is 47.8 Å². The first-order valence-electron chi connectivity index (χ1n) is 7.31. The molecule has 0 spiro atoms. The van der Waals surface area contributed by atoms with E-state index in [2.05, 4.69) is 54.7 Å². The van der Waals surface area contributed by atoms with Gasteiger partial charge in [0.15, 0.2) is 0 Å². The Morgan fingerprint density at radius 3 is 3.00 bits per heavy atom. The maximum atomic E-state index is 4.44. The zero-order valence-corrected chi connectivity index (χ0v) is 12.9. The molecule has 2 unspecified atom stereocenters. The molecule has 2 heterocycles. The Kier molecular flexibility index (Phi) is 4.13. The van der Waals surface area contributed by atoms with Gasteiger partial charge in [0.25, 0.3) is 0 Å². The van der Waals surface area contributed by atoms with E-state index in [1.165, 1.54) is 16.0 Å². The first kappa shape index (κ1) is 13.7. The van der Waals surface area contributed by atoms with E-state index in [-0.39, 0.29) is 0 Å². The summed E-state index contributed by atoms with van der Waals surface area (Å²) in [5.74, 6) is 1.68. The van der Waals surface area contributed by atoms with Crippen LogP contribution in [0.3, 0.4) is 0 Å². The van der Waals surface area contributed by atoms with Gasteiger partial charge in [-0.2, -0.15) is 5.10 Å². The predicted molar refractivity (Wildman–Crippen MR) is 84.2 cm³/mol. The number of hydrogen-bond donors (Lipinski definition) is 1. The van der Waals surface area contributed by atoms with Crippen LogP contribution in [0.15, 0.2) is 41.6 Å². The summed E-state index contributed by atoms with van der Waals surface area (Å²) in [7, 11) is 0. The summed E-state index contributed by atoms with van der Waals surface area (Å²) in [6.45, 7) is 6.20. The molecule has 2 atom stereocenters. The standard InChI is InChI=1S/C16H21N3S/c1-3-17-16(12-9-18-19(4-2)10-12)14-11-20-15-8-6-5-7-13(14)15/h5-10,14,16-17H,3-4,11H2,1-2H3. The van der Waals surface area contributed by atoms with Gasteiger partial charge in [-0.15, -0.1) is 11.8 Å². The molecule has 1 aromatic carbocycles. The van der Waals surface area contributed by atoms with Gasteiger partial charge in [0, 0.05) is 40.9 Å². The van der Waals surface area contributed by atoms with Crippen molar-refractivity contribution in [1.29, 1.82) is 0 Å². The molecule has 20 heavy (non-hydrogen) atoms. The van der Waals surface area contributed by atoms with Gasteiger partial charge in [-0.1, -0.05) is 25.1 Å². The number of nitrogens with one attached hydrogen (secondary N) is 1. The van der Waals surface area contributed by atoms with Crippen LogP contribution in [-0.4, -0.2) is 22.1 Å². The van der Waals surface area contributed by atoms with Crippen LogP contribution in [0.4, 0.5) is 0 Å². The average molecular weight is 287 g/mol. The molecular formula is C16H21N3S. The molecule has 0 bridgehead atoms. The van der Waals surface area contributed by atoms with Crippen molar-refractivity contribution in [2.24, 2.45) is 0 Å². The van der Waals surface area contributed by atoms with E-state index < -0.39 is 0 Å². The Labute approximate surface area is 124 Å². The smallest absolute Gasteiger partial charge is 0.0537 e. The van der Waals surface area contributed by atoms with Crippen LogP contribution in [0.25, 0.3) is 0 Å². The van der Waals surface area contributed by atoms with Crippen LogP contribution >= 0.6 is 11.8 Å². The molecule has 0 aliphatic carbocycles. The van der Waals surface area contributed by atoms with Gasteiger partial charge < -0.3 is 5.32 Å². The van der Waals surface area contributed by atoms with E-state index in [9.17, 15) is 0 Å². The Balaban J connectivity index is 1.92. The number of thioether (sulfide) groups is 1. The molecule has 0 radical (unpaired) electrons. The van der Waals surface area contributed by atoms with E-state index in [4.69, 9.17) is 0 Å². The van der Waals surface area contributed by atoms with Gasteiger partial charge in [0.05, 0.1) is 6.20 Å². The van der Waals surface area contributed by atoms with Crippen LogP contribution in [0.5, 0.6) is 0 Å². The number of likely N-dealkylation sites (N-methyl/N-ethyl adjacent to an activating group) is 1. The molecule has 0 fully saturated rings. The van der Waals surface area contributed by atoms with Crippen molar-refractivity contribution in [2.75, 3.05) is 12.3 Å². The Bertz CT molecular complexity index is 579. The third-order valence-electron chi connectivity index (χ3n) is 3.90. The van der Waals surface area contributed by atoms with Gasteiger partial charge >= 0.3 is 0 Å². The summed E-state index contributed by atoms with van der Waals surface area (Å²) in [4.78, 5) is 1.43. The molecule has 2 aromatic rings. The number of nitrogens with zero attached hydrogens (tertiary/aromatic N) is 2. The van der Waals surface area contributed by atoms with Crippen molar-refractivity contribution >= 4 is 11.8 Å². The van der Waals surface area contributed by atoms with Crippen LogP contribution in [0, 0.1) is 0 Å². The summed E-state index contributed by atoms with van der Waals surface area (Å²) in [5, 5.41) is 8.09. The van der Waals surface area contributed by atoms with Crippen molar-refractivity contribution in [2.45, 2.75) is 37.2 Å². The van der Waals surface area contributed by atoms with Crippen molar-refractivity contribution in [3.63, 3.8) is 0 Å². The Morgan fingerprint density at radius 2 is 2.25 bits per heavy atom. The fraction of sp³-hybridized carbons (Fsp3) is 0.438. The molecule has 106 valence electrons. The second-order valence-corrected chi connectivity index (χ2v) is 6.18. The lowest BCUT2D eigenvalue weighted by atomic mass is 9.90. The topological polar surface area (TPSA) is 29.9 Å². The van der Waals surface area contributed by atoms with Gasteiger partial charge in [-0.05, 0) is 25.1 Å². The minimum Gasteiger partial charge on any atom is -0.310 e. The monoisotopic (exact) mass is 287 g/mol. The lowest BCUT2D eigenvalue weighted by Crippen LogP contribution is -2.27. The van der Waals surface area contributed by atoms with E-state index in [0.717, 1.165) is 18.8 Å². The molecule has 0 saturated carbocycles. The first-order valence-corrected chi connectivity index (χ1v) is 8.29. The van der Waals surface area contributed by atoms with Crippen molar-refractivity contribution < 1.29 is 0 Å².